The van der Waals surface area contributed by atoms with Gasteiger partial charge in [0.25, 0.3) is 5.91 Å². The van der Waals surface area contributed by atoms with Crippen LogP contribution in [-0.2, 0) is 0 Å². The number of benzene rings is 1. The molecule has 0 aliphatic rings. The van der Waals surface area contributed by atoms with Crippen LogP contribution in [0.25, 0.3) is 0 Å². The molecule has 0 radical (unpaired) electrons. The number of nitrogens with zero attached hydrogens (tertiary/aromatic N) is 3. The molecule has 0 aliphatic heterocycles. The molecule has 2 aromatic rings. The van der Waals surface area contributed by atoms with Gasteiger partial charge in [-0.05, 0) is 26.0 Å². The minimum atomic E-state index is -0.176. The van der Waals surface area contributed by atoms with Crippen molar-refractivity contribution >= 4 is 17.4 Å². The lowest BCUT2D eigenvalue weighted by Crippen LogP contribution is -2.27. The van der Waals surface area contributed by atoms with Crippen LogP contribution >= 0.6 is 0 Å². The van der Waals surface area contributed by atoms with Gasteiger partial charge in [0, 0.05) is 19.3 Å². The maximum atomic E-state index is 12.3. The Morgan fingerprint density at radius 2 is 1.90 bits per heavy atom. The Balaban J connectivity index is 2.15. The fourth-order valence-corrected chi connectivity index (χ4v) is 1.77. The zero-order chi connectivity index (χ0) is 14.5. The monoisotopic (exact) mass is 270 g/mol. The number of aromatic nitrogens is 2. The van der Waals surface area contributed by atoms with Gasteiger partial charge in [-0.3, -0.25) is 4.79 Å². The lowest BCUT2D eigenvalue weighted by Gasteiger charge is -2.17. The molecule has 1 amide bonds. The van der Waals surface area contributed by atoms with Crippen molar-refractivity contribution in [1.29, 1.82) is 0 Å². The van der Waals surface area contributed by atoms with Gasteiger partial charge in [-0.25, -0.2) is 9.97 Å². The maximum absolute atomic E-state index is 12.3. The Bertz CT molecular complexity index is 578. The first-order valence-corrected chi connectivity index (χ1v) is 6.52. The maximum Gasteiger partial charge on any atom is 0.278 e. The third-order valence-electron chi connectivity index (χ3n) is 2.95. The van der Waals surface area contributed by atoms with Crippen LogP contribution in [0.15, 0.2) is 36.7 Å². The smallest absolute Gasteiger partial charge is 0.278 e. The van der Waals surface area contributed by atoms with Gasteiger partial charge < -0.3 is 10.2 Å². The quantitative estimate of drug-likeness (QED) is 0.927. The molecule has 0 saturated carbocycles. The van der Waals surface area contributed by atoms with Gasteiger partial charge in [0.05, 0.1) is 12.4 Å². The molecule has 2 rings (SSSR count). The van der Waals surface area contributed by atoms with Crippen molar-refractivity contribution in [1.82, 2.24) is 9.97 Å². The van der Waals surface area contributed by atoms with Crippen molar-refractivity contribution in [3.05, 3.63) is 47.9 Å². The van der Waals surface area contributed by atoms with Crippen molar-refractivity contribution in [3.63, 3.8) is 0 Å². The molecule has 1 N–H and O–H groups in total. The van der Waals surface area contributed by atoms with Crippen LogP contribution in [0.3, 0.4) is 0 Å². The summed E-state index contributed by atoms with van der Waals surface area (Å²) in [5.74, 6) is 0.492. The third-order valence-corrected chi connectivity index (χ3v) is 2.95. The van der Waals surface area contributed by atoms with Crippen molar-refractivity contribution in [2.75, 3.05) is 23.8 Å². The first-order chi connectivity index (χ1) is 9.61. The van der Waals surface area contributed by atoms with Gasteiger partial charge in [0.15, 0.2) is 0 Å². The molecule has 0 fully saturated rings. The van der Waals surface area contributed by atoms with Crippen molar-refractivity contribution < 1.29 is 4.79 Å². The fraction of sp³-hybridized carbons (Fsp3) is 0.267. The first kappa shape index (κ1) is 14.0. The van der Waals surface area contributed by atoms with Gasteiger partial charge in [-0.2, -0.15) is 0 Å². The Morgan fingerprint density at radius 3 is 2.45 bits per heavy atom. The number of carbonyl (C=O) groups is 1. The van der Waals surface area contributed by atoms with E-state index in [1.807, 2.05) is 38.1 Å². The molecular formula is C15H18N4O. The predicted molar refractivity (Wildman–Crippen MR) is 80.1 cm³/mol. The minimum absolute atomic E-state index is 0.176. The van der Waals surface area contributed by atoms with E-state index in [2.05, 4.69) is 15.3 Å². The normalized spacial score (nSPS) is 10.2. The van der Waals surface area contributed by atoms with E-state index in [9.17, 15) is 4.79 Å². The summed E-state index contributed by atoms with van der Waals surface area (Å²) >= 11 is 0. The highest BCUT2D eigenvalue weighted by atomic mass is 16.2. The van der Waals surface area contributed by atoms with Crippen LogP contribution in [0, 0.1) is 6.92 Å². The first-order valence-electron chi connectivity index (χ1n) is 6.52. The average molecular weight is 270 g/mol. The summed E-state index contributed by atoms with van der Waals surface area (Å²) in [7, 11) is 1.73. The van der Waals surface area contributed by atoms with Gasteiger partial charge in [0.1, 0.15) is 11.5 Å². The number of nitrogens with one attached hydrogen (secondary N) is 1. The number of amides is 1. The lowest BCUT2D eigenvalue weighted by molar-refractivity contribution is 0.0988. The van der Waals surface area contributed by atoms with E-state index in [1.165, 1.54) is 6.20 Å². The Labute approximate surface area is 118 Å². The Kier molecular flexibility index (Phi) is 4.30. The number of anilines is 2. The van der Waals surface area contributed by atoms with Crippen molar-refractivity contribution in [2.45, 2.75) is 13.8 Å². The fourth-order valence-electron chi connectivity index (χ4n) is 1.77. The van der Waals surface area contributed by atoms with Gasteiger partial charge in [0.2, 0.25) is 0 Å². The zero-order valence-electron chi connectivity index (χ0n) is 11.9. The van der Waals surface area contributed by atoms with E-state index in [0.29, 0.717) is 11.5 Å². The van der Waals surface area contributed by atoms with Crippen LogP contribution in [0.2, 0.25) is 0 Å². The summed E-state index contributed by atoms with van der Waals surface area (Å²) in [4.78, 5) is 22.2. The number of hydrogen-bond donors (Lipinski definition) is 1. The molecule has 1 aromatic carbocycles. The van der Waals surface area contributed by atoms with E-state index >= 15 is 0 Å². The number of rotatable bonds is 4. The van der Waals surface area contributed by atoms with E-state index in [-0.39, 0.29) is 5.91 Å². The molecule has 0 aliphatic carbocycles. The zero-order valence-corrected chi connectivity index (χ0v) is 11.9. The molecule has 1 heterocycles. The molecule has 0 atom stereocenters. The average Bonchev–Trinajstić information content (AvgIpc) is 2.48. The van der Waals surface area contributed by atoms with Crippen LogP contribution in [0.4, 0.5) is 11.5 Å². The van der Waals surface area contributed by atoms with E-state index in [4.69, 9.17) is 0 Å². The predicted octanol–water partition coefficient (Wildman–Crippen LogP) is 2.49. The second-order valence-corrected chi connectivity index (χ2v) is 4.52. The van der Waals surface area contributed by atoms with Gasteiger partial charge >= 0.3 is 0 Å². The van der Waals surface area contributed by atoms with Gasteiger partial charge in [-0.15, -0.1) is 0 Å². The lowest BCUT2D eigenvalue weighted by atomic mass is 10.2. The molecule has 0 spiro atoms. The van der Waals surface area contributed by atoms with Crippen molar-refractivity contribution in [2.24, 2.45) is 0 Å². The van der Waals surface area contributed by atoms with Crippen LogP contribution in [-0.4, -0.2) is 29.5 Å². The van der Waals surface area contributed by atoms with Crippen LogP contribution in [0.1, 0.15) is 23.0 Å². The molecule has 0 unspecified atom stereocenters. The third kappa shape index (κ3) is 3.12. The number of aryl methyl sites for hydroxylation is 1. The largest absolute Gasteiger partial charge is 0.369 e. The summed E-state index contributed by atoms with van der Waals surface area (Å²) < 4.78 is 0. The minimum Gasteiger partial charge on any atom is -0.369 e. The second kappa shape index (κ2) is 6.14. The summed E-state index contributed by atoms with van der Waals surface area (Å²) in [5, 5.41) is 3.04. The SMILES string of the molecule is CCNc1cnc(C(=O)N(C)c2ccc(C)cc2)cn1. The molecule has 5 nitrogen and oxygen atoms in total. The topological polar surface area (TPSA) is 58.1 Å². The summed E-state index contributed by atoms with van der Waals surface area (Å²) in [6.45, 7) is 4.76. The van der Waals surface area contributed by atoms with Crippen LogP contribution < -0.4 is 10.2 Å². The summed E-state index contributed by atoms with van der Waals surface area (Å²) in [6, 6.07) is 7.76. The molecule has 20 heavy (non-hydrogen) atoms. The number of hydrogen-bond acceptors (Lipinski definition) is 4. The molecule has 1 aromatic heterocycles. The molecule has 104 valence electrons. The van der Waals surface area contributed by atoms with Crippen LogP contribution in [0.5, 0.6) is 0 Å². The summed E-state index contributed by atoms with van der Waals surface area (Å²) in [5.41, 5.74) is 2.32. The Morgan fingerprint density at radius 1 is 1.20 bits per heavy atom. The second-order valence-electron chi connectivity index (χ2n) is 4.52. The van der Waals surface area contributed by atoms with E-state index in [1.54, 1.807) is 18.1 Å². The van der Waals surface area contributed by atoms with Gasteiger partial charge in [-0.1, -0.05) is 17.7 Å². The molecule has 0 saturated heterocycles. The number of carbonyl (C=O) groups excluding carboxylic acids is 1. The van der Waals surface area contributed by atoms with E-state index < -0.39 is 0 Å². The molecule has 0 bridgehead atoms. The molecule has 5 heteroatoms. The highest BCUT2D eigenvalue weighted by molar-refractivity contribution is 6.04. The Hall–Kier alpha value is -2.43. The molecular weight excluding hydrogens is 252 g/mol. The van der Waals surface area contributed by atoms with E-state index in [0.717, 1.165) is 17.8 Å². The highest BCUT2D eigenvalue weighted by Gasteiger charge is 2.15. The standard InChI is InChI=1S/C15H18N4O/c1-4-16-14-10-17-13(9-18-14)15(20)19(3)12-7-5-11(2)6-8-12/h5-10H,4H2,1-3H3,(H,16,18). The highest BCUT2D eigenvalue weighted by Crippen LogP contribution is 2.15. The summed E-state index contributed by atoms with van der Waals surface area (Å²) in [6.07, 6.45) is 3.06. The van der Waals surface area contributed by atoms with Crippen molar-refractivity contribution in [3.8, 4) is 0 Å².